The molecule has 0 spiro atoms. The topological polar surface area (TPSA) is 38.3 Å². The standard InChI is InChI=1S/C17H17BrINO2/c1-11(2)12-3-6-14(7-4-12)22-10-17(21)20-16-8-5-13(18)9-15(16)19/h3-9,11H,10H2,1-2H3,(H,20,21). The van der Waals surface area contributed by atoms with Gasteiger partial charge in [0.25, 0.3) is 5.91 Å². The number of rotatable bonds is 5. The molecule has 22 heavy (non-hydrogen) atoms. The third-order valence-electron chi connectivity index (χ3n) is 3.12. The SMILES string of the molecule is CC(C)c1ccc(OCC(=O)Nc2ccc(Br)cc2I)cc1. The lowest BCUT2D eigenvalue weighted by atomic mass is 10.0. The Balaban J connectivity index is 1.89. The maximum atomic E-state index is 11.9. The third-order valence-corrected chi connectivity index (χ3v) is 4.51. The number of nitrogens with one attached hydrogen (secondary N) is 1. The molecule has 5 heteroatoms. The molecule has 0 saturated carbocycles. The van der Waals surface area contributed by atoms with E-state index < -0.39 is 0 Å². The van der Waals surface area contributed by atoms with Crippen LogP contribution in [0, 0.1) is 3.57 Å². The minimum Gasteiger partial charge on any atom is -0.484 e. The van der Waals surface area contributed by atoms with Gasteiger partial charge in [0.05, 0.1) is 5.69 Å². The molecule has 2 rings (SSSR count). The van der Waals surface area contributed by atoms with Gasteiger partial charge in [-0.3, -0.25) is 4.79 Å². The largest absolute Gasteiger partial charge is 0.484 e. The van der Waals surface area contributed by atoms with Gasteiger partial charge in [0, 0.05) is 8.04 Å². The van der Waals surface area contributed by atoms with Gasteiger partial charge in [0.1, 0.15) is 5.75 Å². The van der Waals surface area contributed by atoms with Crippen molar-refractivity contribution in [3.8, 4) is 5.75 Å². The van der Waals surface area contributed by atoms with E-state index in [0.29, 0.717) is 11.7 Å². The van der Waals surface area contributed by atoms with Crippen LogP contribution in [0.15, 0.2) is 46.9 Å². The summed E-state index contributed by atoms with van der Waals surface area (Å²) in [6.07, 6.45) is 0. The highest BCUT2D eigenvalue weighted by molar-refractivity contribution is 14.1. The molecule has 0 fully saturated rings. The zero-order valence-corrected chi connectivity index (χ0v) is 16.1. The zero-order chi connectivity index (χ0) is 16.1. The number of carbonyl (C=O) groups is 1. The molecule has 0 bridgehead atoms. The lowest BCUT2D eigenvalue weighted by molar-refractivity contribution is -0.118. The number of amides is 1. The molecule has 2 aromatic rings. The molecule has 0 aliphatic heterocycles. The minimum atomic E-state index is -0.173. The van der Waals surface area contributed by atoms with Gasteiger partial charge in [-0.05, 0) is 64.4 Å². The van der Waals surface area contributed by atoms with Crippen molar-refractivity contribution in [3.63, 3.8) is 0 Å². The summed E-state index contributed by atoms with van der Waals surface area (Å²) in [5.74, 6) is 1.01. The molecule has 0 unspecified atom stereocenters. The molecule has 2 aromatic carbocycles. The van der Waals surface area contributed by atoms with Gasteiger partial charge >= 0.3 is 0 Å². The Hall–Kier alpha value is -1.08. The molecule has 0 aromatic heterocycles. The van der Waals surface area contributed by atoms with E-state index in [2.05, 4.69) is 57.7 Å². The van der Waals surface area contributed by atoms with Gasteiger partial charge in [0.15, 0.2) is 6.61 Å². The van der Waals surface area contributed by atoms with Gasteiger partial charge in [-0.2, -0.15) is 0 Å². The maximum Gasteiger partial charge on any atom is 0.262 e. The van der Waals surface area contributed by atoms with Crippen LogP contribution in [0.2, 0.25) is 0 Å². The van der Waals surface area contributed by atoms with Crippen molar-refractivity contribution >= 4 is 50.1 Å². The van der Waals surface area contributed by atoms with Gasteiger partial charge in [-0.15, -0.1) is 0 Å². The summed E-state index contributed by atoms with van der Waals surface area (Å²) in [5, 5.41) is 2.85. The molecular weight excluding hydrogens is 457 g/mol. The fourth-order valence-corrected chi connectivity index (χ4v) is 3.31. The first-order valence-corrected chi connectivity index (χ1v) is 8.80. The molecule has 0 saturated heterocycles. The second-order valence-electron chi connectivity index (χ2n) is 5.18. The van der Waals surface area contributed by atoms with E-state index in [1.807, 2.05) is 42.5 Å². The van der Waals surface area contributed by atoms with Gasteiger partial charge in [-0.1, -0.05) is 41.9 Å². The number of anilines is 1. The quantitative estimate of drug-likeness (QED) is 0.606. The summed E-state index contributed by atoms with van der Waals surface area (Å²) in [4.78, 5) is 11.9. The highest BCUT2D eigenvalue weighted by atomic mass is 127. The zero-order valence-electron chi connectivity index (χ0n) is 12.4. The van der Waals surface area contributed by atoms with E-state index in [1.54, 1.807) is 0 Å². The van der Waals surface area contributed by atoms with E-state index in [1.165, 1.54) is 5.56 Å². The molecule has 0 aliphatic carbocycles. The Bertz CT molecular complexity index is 656. The first-order valence-electron chi connectivity index (χ1n) is 6.93. The highest BCUT2D eigenvalue weighted by Gasteiger charge is 2.07. The molecular formula is C17H17BrINO2. The molecule has 0 heterocycles. The Morgan fingerprint density at radius 3 is 2.50 bits per heavy atom. The summed E-state index contributed by atoms with van der Waals surface area (Å²) >= 11 is 5.58. The smallest absolute Gasteiger partial charge is 0.262 e. The first-order chi connectivity index (χ1) is 10.5. The Labute approximate surface area is 152 Å². The fourth-order valence-electron chi connectivity index (χ4n) is 1.87. The lowest BCUT2D eigenvalue weighted by Crippen LogP contribution is -2.20. The van der Waals surface area contributed by atoms with Crippen LogP contribution in [-0.4, -0.2) is 12.5 Å². The van der Waals surface area contributed by atoms with Crippen molar-refractivity contribution in [2.24, 2.45) is 0 Å². The Morgan fingerprint density at radius 1 is 1.23 bits per heavy atom. The summed E-state index contributed by atoms with van der Waals surface area (Å²) in [6, 6.07) is 13.5. The predicted octanol–water partition coefficient (Wildman–Crippen LogP) is 5.19. The van der Waals surface area contributed by atoms with Crippen LogP contribution >= 0.6 is 38.5 Å². The molecule has 0 aliphatic rings. The number of hydrogen-bond acceptors (Lipinski definition) is 2. The van der Waals surface area contributed by atoms with Crippen molar-refractivity contribution in [3.05, 3.63) is 56.1 Å². The van der Waals surface area contributed by atoms with Crippen LogP contribution in [0.3, 0.4) is 0 Å². The Kier molecular flexibility index (Phi) is 6.26. The van der Waals surface area contributed by atoms with Crippen molar-refractivity contribution < 1.29 is 9.53 Å². The maximum absolute atomic E-state index is 11.9. The first kappa shape index (κ1) is 17.3. The van der Waals surface area contributed by atoms with Gasteiger partial charge in [0.2, 0.25) is 0 Å². The van der Waals surface area contributed by atoms with E-state index >= 15 is 0 Å². The number of benzene rings is 2. The lowest BCUT2D eigenvalue weighted by Gasteiger charge is -2.10. The highest BCUT2D eigenvalue weighted by Crippen LogP contribution is 2.23. The second kappa shape index (κ2) is 7.97. The van der Waals surface area contributed by atoms with Gasteiger partial charge in [-0.25, -0.2) is 0 Å². The fraction of sp³-hybridized carbons (Fsp3) is 0.235. The van der Waals surface area contributed by atoms with Crippen LogP contribution in [-0.2, 0) is 4.79 Å². The number of hydrogen-bond donors (Lipinski definition) is 1. The van der Waals surface area contributed by atoms with Crippen LogP contribution in [0.25, 0.3) is 0 Å². The summed E-state index contributed by atoms with van der Waals surface area (Å²) in [7, 11) is 0. The summed E-state index contributed by atoms with van der Waals surface area (Å²) < 4.78 is 7.47. The van der Waals surface area contributed by atoms with E-state index in [0.717, 1.165) is 13.7 Å². The second-order valence-corrected chi connectivity index (χ2v) is 7.26. The molecule has 0 radical (unpaired) electrons. The predicted molar refractivity (Wildman–Crippen MR) is 102 cm³/mol. The van der Waals surface area contributed by atoms with Crippen molar-refractivity contribution in [1.29, 1.82) is 0 Å². The monoisotopic (exact) mass is 473 g/mol. The van der Waals surface area contributed by atoms with Crippen LogP contribution < -0.4 is 10.1 Å². The van der Waals surface area contributed by atoms with Crippen LogP contribution in [0.4, 0.5) is 5.69 Å². The molecule has 3 nitrogen and oxygen atoms in total. The van der Waals surface area contributed by atoms with Crippen molar-refractivity contribution in [2.45, 2.75) is 19.8 Å². The molecule has 1 N–H and O–H groups in total. The number of ether oxygens (including phenoxy) is 1. The molecule has 1 amide bonds. The van der Waals surface area contributed by atoms with E-state index in [-0.39, 0.29) is 12.5 Å². The average molecular weight is 474 g/mol. The summed E-state index contributed by atoms with van der Waals surface area (Å²) in [6.45, 7) is 4.28. The summed E-state index contributed by atoms with van der Waals surface area (Å²) in [5.41, 5.74) is 2.04. The molecule has 0 atom stereocenters. The van der Waals surface area contributed by atoms with Gasteiger partial charge < -0.3 is 10.1 Å². The van der Waals surface area contributed by atoms with Crippen LogP contribution in [0.1, 0.15) is 25.3 Å². The Morgan fingerprint density at radius 2 is 1.91 bits per heavy atom. The minimum absolute atomic E-state index is 0.00678. The number of carbonyl (C=O) groups excluding carboxylic acids is 1. The van der Waals surface area contributed by atoms with E-state index in [4.69, 9.17) is 4.74 Å². The molecule has 116 valence electrons. The number of halogens is 2. The third kappa shape index (κ3) is 4.98. The average Bonchev–Trinajstić information content (AvgIpc) is 2.48. The van der Waals surface area contributed by atoms with Crippen LogP contribution in [0.5, 0.6) is 5.75 Å². The van der Waals surface area contributed by atoms with Crippen molar-refractivity contribution in [1.82, 2.24) is 0 Å². The van der Waals surface area contributed by atoms with Crippen molar-refractivity contribution in [2.75, 3.05) is 11.9 Å². The normalized spacial score (nSPS) is 10.6. The van der Waals surface area contributed by atoms with E-state index in [9.17, 15) is 4.79 Å².